The summed E-state index contributed by atoms with van der Waals surface area (Å²) in [5.41, 5.74) is 0. The molecular weight excluding hydrogens is 209 g/mol. The number of halogens is 3. The van der Waals surface area contributed by atoms with Crippen LogP contribution in [0.25, 0.3) is 0 Å². The van der Waals surface area contributed by atoms with E-state index in [1.807, 2.05) is 0 Å². The molecule has 0 aliphatic carbocycles. The normalized spacial score (nSPS) is 7.00. The van der Waals surface area contributed by atoms with Gasteiger partial charge in [0.05, 0.1) is 0 Å². The molecule has 0 fully saturated rings. The van der Waals surface area contributed by atoms with Crippen LogP contribution in [0.3, 0.4) is 0 Å². The topological polar surface area (TPSA) is 0 Å². The zero-order valence-electron chi connectivity index (χ0n) is 2.42. The van der Waals surface area contributed by atoms with Crippen molar-refractivity contribution in [3.63, 3.8) is 0 Å². The molecule has 0 nitrogen and oxygen atoms in total. The van der Waals surface area contributed by atoms with Gasteiger partial charge >= 0.3 is 35.4 Å². The third kappa shape index (κ3) is 119. The van der Waals surface area contributed by atoms with Crippen LogP contribution in [-0.2, 0) is 19.2 Å². The predicted octanol–water partition coefficient (Wildman–Crippen LogP) is 1.82. The summed E-state index contributed by atoms with van der Waals surface area (Å²) in [4.78, 5) is 0. The summed E-state index contributed by atoms with van der Waals surface area (Å²) in [7, 11) is 3.89. The molecule has 0 saturated heterocycles. The molecule has 0 amide bonds. The number of alkyl halides is 3. The predicted molar refractivity (Wildman–Crippen MR) is 14.7 cm³/mol. The van der Waals surface area contributed by atoms with Gasteiger partial charge in [0.1, 0.15) is 0 Å². The molecule has 0 radical (unpaired) electrons. The van der Waals surface area contributed by atoms with Crippen molar-refractivity contribution in [1.82, 2.24) is 0 Å². The molecule has 0 aliphatic rings. The fraction of sp³-hybridized carbons (Fsp3) is 1.00. The third-order valence-electron chi connectivity index (χ3n) is 0. The van der Waals surface area contributed by atoms with Gasteiger partial charge < -0.3 is 0 Å². The molecule has 0 N–H and O–H groups in total. The van der Waals surface area contributed by atoms with Crippen molar-refractivity contribution in [3.05, 3.63) is 0 Å². The van der Waals surface area contributed by atoms with Crippen molar-refractivity contribution in [1.29, 1.82) is 0 Å². The number of rotatable bonds is 0. The Bertz CT molecular complexity index is 22.0. The van der Waals surface area contributed by atoms with Gasteiger partial charge in [-0.25, -0.2) is 0 Å². The van der Waals surface area contributed by atoms with Crippen molar-refractivity contribution >= 4 is 9.58 Å². The second-order valence-electron chi connectivity index (χ2n) is 0.247. The van der Waals surface area contributed by atoms with Crippen LogP contribution in [0.1, 0.15) is 0 Å². The average molecular weight is 210 g/mol. The van der Waals surface area contributed by atoms with E-state index in [1.165, 1.54) is 0 Å². The van der Waals surface area contributed by atoms with Crippen LogP contribution in [0.4, 0.5) is 13.2 Å². The van der Waals surface area contributed by atoms with Crippen molar-refractivity contribution in [3.8, 4) is 0 Å². The van der Waals surface area contributed by atoms with Gasteiger partial charge in [0.15, 0.2) is 0 Å². The van der Waals surface area contributed by atoms with Gasteiger partial charge in [-0.3, -0.25) is 0 Å². The van der Waals surface area contributed by atoms with Crippen LogP contribution in [-0.4, -0.2) is 6.68 Å². The summed E-state index contributed by atoms with van der Waals surface area (Å²) >= 11 is 2.53. The first-order valence-electron chi connectivity index (χ1n) is 0.778. The average Bonchev–Trinajstić information content (AvgIpc) is 1.41. The van der Waals surface area contributed by atoms with E-state index in [9.17, 15) is 13.2 Å². The molecule has 5 heteroatoms. The fourth-order valence-corrected chi connectivity index (χ4v) is 0. The maximum atomic E-state index is 9.67. The molecule has 0 unspecified atom stereocenters. The monoisotopic (exact) mass is 209 g/mol. The Hall–Kier alpha value is 0.750. The van der Waals surface area contributed by atoms with E-state index in [-0.39, 0.29) is 0 Å². The quantitative estimate of drug-likeness (QED) is 0.549. The van der Waals surface area contributed by atoms with Gasteiger partial charge in [-0.1, -0.05) is 0 Å². The molecule has 0 atom stereocenters. The Kier molecular flexibility index (Phi) is 15.2. The summed E-state index contributed by atoms with van der Waals surface area (Å²) in [5, 5.41) is 0. The van der Waals surface area contributed by atoms with Crippen molar-refractivity contribution in [2.45, 2.75) is 6.68 Å². The van der Waals surface area contributed by atoms with Crippen LogP contribution >= 0.6 is 9.58 Å². The summed E-state index contributed by atoms with van der Waals surface area (Å²) in [5.74, 6) is 0. The Morgan fingerprint density at radius 3 is 1.17 bits per heavy atom. The minimum absolute atomic E-state index is 2.53. The standard InChI is InChI=1S/CHF3.Ag.S/c2-1(3)4;;/h1H;;. The summed E-state index contributed by atoms with van der Waals surface area (Å²) < 4.78 is 29.0. The van der Waals surface area contributed by atoms with Gasteiger partial charge in [0, 0.05) is 0 Å². The van der Waals surface area contributed by atoms with Gasteiger partial charge in [-0.15, -0.1) is 0 Å². The first-order chi connectivity index (χ1) is 2.73. The molecule has 0 aliphatic heterocycles. The molecular formula is CHAgF3S. The Morgan fingerprint density at radius 2 is 1.17 bits per heavy atom. The summed E-state index contributed by atoms with van der Waals surface area (Å²) in [6, 6.07) is 0. The van der Waals surface area contributed by atoms with E-state index in [4.69, 9.17) is 0 Å². The van der Waals surface area contributed by atoms with E-state index in [1.54, 1.807) is 0 Å². The van der Waals surface area contributed by atoms with Crippen LogP contribution in [0.2, 0.25) is 0 Å². The molecule has 43 valence electrons. The van der Waals surface area contributed by atoms with Crippen LogP contribution in [0.15, 0.2) is 0 Å². The van der Waals surface area contributed by atoms with E-state index in [0.717, 1.165) is 0 Å². The SMILES string of the molecule is FC(F)F.[S]=[Ag]. The second kappa shape index (κ2) is 9.23. The molecule has 0 aromatic carbocycles. The third-order valence-corrected chi connectivity index (χ3v) is 0. The van der Waals surface area contributed by atoms with Crippen LogP contribution in [0, 0.1) is 0 Å². The molecule has 0 saturated carbocycles. The molecule has 0 aromatic heterocycles. The zero-order valence-corrected chi connectivity index (χ0v) is 4.72. The van der Waals surface area contributed by atoms with Gasteiger partial charge in [0.25, 0.3) is 0 Å². The van der Waals surface area contributed by atoms with E-state index < -0.39 is 6.68 Å². The molecule has 0 heterocycles. The van der Waals surface area contributed by atoms with Gasteiger partial charge in [-0.05, 0) is 0 Å². The Labute approximate surface area is 49.0 Å². The van der Waals surface area contributed by atoms with E-state index >= 15 is 0 Å². The summed E-state index contributed by atoms with van der Waals surface area (Å²) in [6.45, 7) is -3.67. The van der Waals surface area contributed by atoms with Crippen LogP contribution < -0.4 is 0 Å². The molecule has 0 rings (SSSR count). The number of hydrogen-bond donors (Lipinski definition) is 0. The van der Waals surface area contributed by atoms with Gasteiger partial charge in [-0.2, -0.15) is 13.2 Å². The summed E-state index contributed by atoms with van der Waals surface area (Å²) in [6.07, 6.45) is 0. The maximum absolute atomic E-state index is 9.67. The van der Waals surface area contributed by atoms with Crippen molar-refractivity contribution in [2.24, 2.45) is 0 Å². The molecule has 0 spiro atoms. The van der Waals surface area contributed by atoms with Gasteiger partial charge in [0.2, 0.25) is 0 Å². The van der Waals surface area contributed by atoms with Crippen LogP contribution in [0.5, 0.6) is 0 Å². The van der Waals surface area contributed by atoms with E-state index in [2.05, 4.69) is 28.8 Å². The van der Waals surface area contributed by atoms with Crippen molar-refractivity contribution < 1.29 is 32.4 Å². The van der Waals surface area contributed by atoms with Crippen molar-refractivity contribution in [2.75, 3.05) is 0 Å². The van der Waals surface area contributed by atoms with E-state index in [0.29, 0.717) is 0 Å². The number of hydrogen-bond acceptors (Lipinski definition) is 1. The molecule has 6 heavy (non-hydrogen) atoms. The molecule has 0 bridgehead atoms. The first-order valence-corrected chi connectivity index (χ1v) is 2.84. The Balaban J connectivity index is 0. The minimum atomic E-state index is -3.67. The zero-order chi connectivity index (χ0) is 5.58. The molecule has 0 aromatic rings. The Morgan fingerprint density at radius 1 is 1.17 bits per heavy atom. The fourth-order valence-electron chi connectivity index (χ4n) is 0. The first kappa shape index (κ1) is 9.89. The second-order valence-corrected chi connectivity index (χ2v) is 0.247.